The molecule has 0 fully saturated rings. The molecule has 4 heteroatoms. The van der Waals surface area contributed by atoms with Gasteiger partial charge in [-0.1, -0.05) is 18.2 Å². The zero-order chi connectivity index (χ0) is 15.5. The number of hydrogen-bond acceptors (Lipinski definition) is 3. The second kappa shape index (κ2) is 6.20. The average molecular weight is 311 g/mol. The quantitative estimate of drug-likeness (QED) is 0.747. The molecule has 1 amide bonds. The minimum absolute atomic E-state index is 0.0668. The summed E-state index contributed by atoms with van der Waals surface area (Å²) >= 11 is 1.53. The van der Waals surface area contributed by atoms with E-state index in [0.717, 1.165) is 32.0 Å². The van der Waals surface area contributed by atoms with Crippen molar-refractivity contribution in [2.75, 3.05) is 11.9 Å². The Bertz CT molecular complexity index is 806. The molecule has 3 aromatic rings. The molecule has 0 radical (unpaired) electrons. The van der Waals surface area contributed by atoms with Crippen LogP contribution in [0.2, 0.25) is 0 Å². The van der Waals surface area contributed by atoms with E-state index < -0.39 is 0 Å². The monoisotopic (exact) mass is 311 g/mol. The average Bonchev–Trinajstić information content (AvgIpc) is 2.87. The van der Waals surface area contributed by atoms with Crippen LogP contribution in [0.3, 0.4) is 0 Å². The molecule has 3 nitrogen and oxygen atoms in total. The van der Waals surface area contributed by atoms with Crippen molar-refractivity contribution in [2.45, 2.75) is 13.8 Å². The molecule has 0 atom stereocenters. The van der Waals surface area contributed by atoms with Crippen molar-refractivity contribution in [3.8, 4) is 5.75 Å². The van der Waals surface area contributed by atoms with E-state index in [0.29, 0.717) is 6.61 Å². The van der Waals surface area contributed by atoms with Crippen LogP contribution in [0.5, 0.6) is 5.75 Å². The van der Waals surface area contributed by atoms with Gasteiger partial charge >= 0.3 is 0 Å². The molecule has 0 aliphatic heterocycles. The van der Waals surface area contributed by atoms with Crippen LogP contribution in [0.1, 0.15) is 22.2 Å². The first kappa shape index (κ1) is 14.6. The number of ether oxygens (including phenoxy) is 1. The van der Waals surface area contributed by atoms with E-state index in [9.17, 15) is 4.79 Å². The zero-order valence-electron chi connectivity index (χ0n) is 12.6. The summed E-state index contributed by atoms with van der Waals surface area (Å²) in [6.45, 7) is 4.57. The van der Waals surface area contributed by atoms with Gasteiger partial charge in [0.05, 0.1) is 11.5 Å². The Morgan fingerprint density at radius 1 is 1.14 bits per heavy atom. The second-order valence-corrected chi connectivity index (χ2v) is 6.02. The predicted octanol–water partition coefficient (Wildman–Crippen LogP) is 4.86. The minimum atomic E-state index is -0.0668. The van der Waals surface area contributed by atoms with E-state index in [1.807, 2.05) is 56.3 Å². The lowest BCUT2D eigenvalue weighted by Gasteiger charge is -2.06. The number of hydrogen-bond donors (Lipinski definition) is 1. The molecule has 1 N–H and O–H groups in total. The highest BCUT2D eigenvalue weighted by Crippen LogP contribution is 2.31. The SMILES string of the molecule is CCOc1ccc(NC(=O)c2sc3ccccc3c2C)cc1. The standard InChI is InChI=1S/C18H17NO2S/c1-3-21-14-10-8-13(9-11-14)19-18(20)17-12(2)15-6-4-5-7-16(15)22-17/h4-11H,3H2,1-2H3,(H,19,20). The molecule has 112 valence electrons. The number of carbonyl (C=O) groups excluding carboxylic acids is 1. The summed E-state index contributed by atoms with van der Waals surface area (Å²) in [6, 6.07) is 15.5. The smallest absolute Gasteiger partial charge is 0.266 e. The summed E-state index contributed by atoms with van der Waals surface area (Å²) < 4.78 is 6.53. The first-order chi connectivity index (χ1) is 10.7. The fourth-order valence-electron chi connectivity index (χ4n) is 2.38. The van der Waals surface area contributed by atoms with Crippen molar-refractivity contribution in [3.63, 3.8) is 0 Å². The van der Waals surface area contributed by atoms with Crippen molar-refractivity contribution in [1.82, 2.24) is 0 Å². The fraction of sp³-hybridized carbons (Fsp3) is 0.167. The van der Waals surface area contributed by atoms with Gasteiger partial charge < -0.3 is 10.1 Å². The number of fused-ring (bicyclic) bond motifs is 1. The molecule has 1 heterocycles. The van der Waals surface area contributed by atoms with Crippen LogP contribution in [-0.4, -0.2) is 12.5 Å². The second-order valence-electron chi connectivity index (χ2n) is 4.96. The summed E-state index contributed by atoms with van der Waals surface area (Å²) in [5.74, 6) is 0.737. The Morgan fingerprint density at radius 2 is 1.86 bits per heavy atom. The van der Waals surface area contributed by atoms with Gasteiger partial charge in [0.15, 0.2) is 0 Å². The number of carbonyl (C=O) groups is 1. The summed E-state index contributed by atoms with van der Waals surface area (Å²) in [5, 5.41) is 4.09. The van der Waals surface area contributed by atoms with Crippen LogP contribution in [0.15, 0.2) is 48.5 Å². The topological polar surface area (TPSA) is 38.3 Å². The molecule has 3 rings (SSSR count). The van der Waals surface area contributed by atoms with E-state index in [2.05, 4.69) is 11.4 Å². The summed E-state index contributed by atoms with van der Waals surface area (Å²) in [6.07, 6.45) is 0. The van der Waals surface area contributed by atoms with E-state index in [1.165, 1.54) is 11.3 Å². The molecule has 2 aromatic carbocycles. The number of nitrogens with one attached hydrogen (secondary N) is 1. The van der Waals surface area contributed by atoms with Crippen molar-refractivity contribution < 1.29 is 9.53 Å². The van der Waals surface area contributed by atoms with Gasteiger partial charge in [0, 0.05) is 10.4 Å². The first-order valence-corrected chi connectivity index (χ1v) is 8.03. The van der Waals surface area contributed by atoms with Gasteiger partial charge in [0.1, 0.15) is 5.75 Å². The van der Waals surface area contributed by atoms with Crippen LogP contribution in [0, 0.1) is 6.92 Å². The number of aryl methyl sites for hydroxylation is 1. The first-order valence-electron chi connectivity index (χ1n) is 7.21. The van der Waals surface area contributed by atoms with Gasteiger partial charge in [-0.15, -0.1) is 11.3 Å². The molecule has 0 saturated heterocycles. The van der Waals surface area contributed by atoms with Crippen LogP contribution in [0.4, 0.5) is 5.69 Å². The van der Waals surface area contributed by atoms with E-state index >= 15 is 0 Å². The van der Waals surface area contributed by atoms with E-state index in [1.54, 1.807) is 0 Å². The highest BCUT2D eigenvalue weighted by Gasteiger charge is 2.15. The molecule has 1 aromatic heterocycles. The minimum Gasteiger partial charge on any atom is -0.494 e. The van der Waals surface area contributed by atoms with Crippen LogP contribution >= 0.6 is 11.3 Å². The highest BCUT2D eigenvalue weighted by atomic mass is 32.1. The lowest BCUT2D eigenvalue weighted by Crippen LogP contribution is -2.11. The van der Waals surface area contributed by atoms with Gasteiger partial charge in [-0.3, -0.25) is 4.79 Å². The van der Waals surface area contributed by atoms with Crippen molar-refractivity contribution >= 4 is 33.0 Å². The Hall–Kier alpha value is -2.33. The molecule has 22 heavy (non-hydrogen) atoms. The largest absolute Gasteiger partial charge is 0.494 e. The Labute approximate surface area is 133 Å². The molecule has 0 unspecified atom stereocenters. The van der Waals surface area contributed by atoms with Crippen molar-refractivity contribution in [2.24, 2.45) is 0 Å². The number of anilines is 1. The number of benzene rings is 2. The Morgan fingerprint density at radius 3 is 2.55 bits per heavy atom. The molecular formula is C18H17NO2S. The third-order valence-electron chi connectivity index (χ3n) is 3.47. The number of rotatable bonds is 4. The molecule has 0 bridgehead atoms. The van der Waals surface area contributed by atoms with E-state index in [4.69, 9.17) is 4.74 Å². The van der Waals surface area contributed by atoms with Crippen LogP contribution in [-0.2, 0) is 0 Å². The van der Waals surface area contributed by atoms with Gasteiger partial charge in [-0.25, -0.2) is 0 Å². The normalized spacial score (nSPS) is 10.6. The maximum atomic E-state index is 12.5. The highest BCUT2D eigenvalue weighted by molar-refractivity contribution is 7.21. The molecular weight excluding hydrogens is 294 g/mol. The van der Waals surface area contributed by atoms with Crippen molar-refractivity contribution in [3.05, 3.63) is 59.0 Å². The lowest BCUT2D eigenvalue weighted by atomic mass is 10.1. The fourth-order valence-corrected chi connectivity index (χ4v) is 3.48. The van der Waals surface area contributed by atoms with E-state index in [-0.39, 0.29) is 5.91 Å². The maximum Gasteiger partial charge on any atom is 0.266 e. The summed E-state index contributed by atoms with van der Waals surface area (Å²) in [4.78, 5) is 13.2. The van der Waals surface area contributed by atoms with Gasteiger partial charge in [-0.2, -0.15) is 0 Å². The molecule has 0 aliphatic carbocycles. The van der Waals surface area contributed by atoms with Crippen LogP contribution < -0.4 is 10.1 Å². The number of amides is 1. The predicted molar refractivity (Wildman–Crippen MR) is 92.1 cm³/mol. The van der Waals surface area contributed by atoms with Gasteiger partial charge in [0.25, 0.3) is 5.91 Å². The van der Waals surface area contributed by atoms with Crippen LogP contribution in [0.25, 0.3) is 10.1 Å². The third-order valence-corrected chi connectivity index (χ3v) is 4.74. The third kappa shape index (κ3) is 2.83. The Kier molecular flexibility index (Phi) is 4.11. The molecule has 0 saturated carbocycles. The Balaban J connectivity index is 1.82. The molecule has 0 aliphatic rings. The number of thiophene rings is 1. The van der Waals surface area contributed by atoms with Gasteiger partial charge in [-0.05, 0) is 55.1 Å². The maximum absolute atomic E-state index is 12.5. The van der Waals surface area contributed by atoms with Gasteiger partial charge in [0.2, 0.25) is 0 Å². The zero-order valence-corrected chi connectivity index (χ0v) is 13.4. The summed E-state index contributed by atoms with van der Waals surface area (Å²) in [5.41, 5.74) is 1.80. The molecule has 0 spiro atoms. The summed E-state index contributed by atoms with van der Waals surface area (Å²) in [7, 11) is 0. The lowest BCUT2D eigenvalue weighted by molar-refractivity contribution is 0.103. The van der Waals surface area contributed by atoms with Crippen molar-refractivity contribution in [1.29, 1.82) is 0 Å².